The molecule has 0 fully saturated rings. The van der Waals surface area contributed by atoms with Gasteiger partial charge in [0.1, 0.15) is 6.54 Å². The molecule has 1 rings (SSSR count). The lowest BCUT2D eigenvalue weighted by Crippen LogP contribution is -2.43. The van der Waals surface area contributed by atoms with E-state index in [1.54, 1.807) is 24.3 Å². The number of carbonyl (C=O) groups excluding carboxylic acids is 2. The van der Waals surface area contributed by atoms with Gasteiger partial charge in [0, 0.05) is 5.56 Å². The quantitative estimate of drug-likeness (QED) is 0.515. The number of hydrogen-bond acceptors (Lipinski definition) is 4. The van der Waals surface area contributed by atoms with Gasteiger partial charge in [-0.1, -0.05) is 12.1 Å². The van der Waals surface area contributed by atoms with E-state index in [2.05, 4.69) is 5.32 Å². The molecule has 0 aliphatic carbocycles. The maximum Gasteiger partial charge on any atom is 0.322 e. The Balaban J connectivity index is 2.56. The molecule has 0 radical (unpaired) electrons. The van der Waals surface area contributed by atoms with Crippen LogP contribution < -0.4 is 16.8 Å². The number of amides is 2. The van der Waals surface area contributed by atoms with Crippen LogP contribution in [0.1, 0.15) is 15.9 Å². The van der Waals surface area contributed by atoms with Crippen molar-refractivity contribution in [3.8, 4) is 0 Å². The first-order chi connectivity index (χ1) is 8.90. The molecule has 7 heteroatoms. The van der Waals surface area contributed by atoms with Crippen molar-refractivity contribution in [2.45, 2.75) is 12.5 Å². The van der Waals surface area contributed by atoms with Gasteiger partial charge in [0.15, 0.2) is 0 Å². The van der Waals surface area contributed by atoms with Gasteiger partial charge in [-0.15, -0.1) is 0 Å². The number of nitrogens with two attached hydrogens (primary N) is 2. The van der Waals surface area contributed by atoms with Gasteiger partial charge in [-0.2, -0.15) is 0 Å². The molecule has 0 aliphatic rings. The minimum atomic E-state index is -1.13. The van der Waals surface area contributed by atoms with Gasteiger partial charge in [0.05, 0.1) is 6.04 Å². The topological polar surface area (TPSA) is 136 Å². The Morgan fingerprint density at radius 2 is 1.79 bits per heavy atom. The molecular weight excluding hydrogens is 250 g/mol. The maximum atomic E-state index is 11.5. The van der Waals surface area contributed by atoms with E-state index in [-0.39, 0.29) is 6.42 Å². The fraction of sp³-hybridized carbons (Fsp3) is 0.250. The first kappa shape index (κ1) is 14.7. The smallest absolute Gasteiger partial charge is 0.322 e. The molecule has 2 amide bonds. The molecule has 0 bridgehead atoms. The van der Waals surface area contributed by atoms with E-state index in [1.165, 1.54) is 0 Å². The number of rotatable bonds is 6. The molecule has 6 N–H and O–H groups in total. The molecular formula is C12H15N3O4. The van der Waals surface area contributed by atoms with Crippen LogP contribution in [0.2, 0.25) is 0 Å². The van der Waals surface area contributed by atoms with Crippen LogP contribution >= 0.6 is 0 Å². The Kier molecular flexibility index (Phi) is 5.01. The second kappa shape index (κ2) is 6.50. The summed E-state index contributed by atoms with van der Waals surface area (Å²) in [6, 6.07) is 5.52. The standard InChI is InChI=1S/C12H15N3O4/c13-9(12(19)15-6-10(16)17)5-7-1-3-8(4-2-7)11(14)18/h1-4,9H,5-6,13H2,(H2,14,18)(H,15,19)(H,16,17). The Bertz CT molecular complexity index is 484. The Labute approximate surface area is 109 Å². The summed E-state index contributed by atoms with van der Waals surface area (Å²) in [5.41, 5.74) is 11.9. The molecule has 0 heterocycles. The number of carboxylic acids is 1. The second-order valence-corrected chi connectivity index (χ2v) is 3.98. The molecule has 1 aromatic rings. The summed E-state index contributed by atoms with van der Waals surface area (Å²) in [6.45, 7) is -0.465. The summed E-state index contributed by atoms with van der Waals surface area (Å²) in [6.07, 6.45) is 0.241. The Morgan fingerprint density at radius 3 is 2.26 bits per heavy atom. The van der Waals surface area contributed by atoms with Crippen LogP contribution in [0.4, 0.5) is 0 Å². The Hall–Kier alpha value is -2.41. The van der Waals surface area contributed by atoms with Gasteiger partial charge in [-0.3, -0.25) is 14.4 Å². The van der Waals surface area contributed by atoms with Crippen LogP contribution in [0.15, 0.2) is 24.3 Å². The minimum absolute atomic E-state index is 0.241. The molecule has 1 aromatic carbocycles. The average molecular weight is 265 g/mol. The van der Waals surface area contributed by atoms with Crippen molar-refractivity contribution in [3.05, 3.63) is 35.4 Å². The zero-order valence-electron chi connectivity index (χ0n) is 10.1. The third kappa shape index (κ3) is 4.76. The number of primary amides is 1. The molecule has 0 saturated heterocycles. The second-order valence-electron chi connectivity index (χ2n) is 3.98. The van der Waals surface area contributed by atoms with Gasteiger partial charge in [0.25, 0.3) is 0 Å². The van der Waals surface area contributed by atoms with Gasteiger partial charge in [-0.25, -0.2) is 0 Å². The number of benzene rings is 1. The highest BCUT2D eigenvalue weighted by Gasteiger charge is 2.14. The zero-order valence-corrected chi connectivity index (χ0v) is 10.1. The van der Waals surface area contributed by atoms with Gasteiger partial charge >= 0.3 is 5.97 Å². The summed E-state index contributed by atoms with van der Waals surface area (Å²) >= 11 is 0. The van der Waals surface area contributed by atoms with Crippen LogP contribution in [0.25, 0.3) is 0 Å². The molecule has 19 heavy (non-hydrogen) atoms. The molecule has 7 nitrogen and oxygen atoms in total. The summed E-state index contributed by atoms with van der Waals surface area (Å²) in [4.78, 5) is 32.6. The van der Waals surface area contributed by atoms with Crippen molar-refractivity contribution in [3.63, 3.8) is 0 Å². The van der Waals surface area contributed by atoms with E-state index in [9.17, 15) is 14.4 Å². The third-order valence-corrected chi connectivity index (χ3v) is 2.44. The van der Waals surface area contributed by atoms with Crippen LogP contribution in [-0.2, 0) is 16.0 Å². The number of carboxylic acid groups (broad SMARTS) is 1. The van der Waals surface area contributed by atoms with Crippen molar-refractivity contribution < 1.29 is 19.5 Å². The number of nitrogens with one attached hydrogen (secondary N) is 1. The van der Waals surface area contributed by atoms with E-state index < -0.39 is 30.4 Å². The predicted octanol–water partition coefficient (Wildman–Crippen LogP) is -1.14. The molecule has 0 aliphatic heterocycles. The summed E-state index contributed by atoms with van der Waals surface area (Å²) in [5.74, 6) is -2.21. The van der Waals surface area contributed by atoms with E-state index in [0.29, 0.717) is 5.56 Å². The molecule has 1 atom stereocenters. The van der Waals surface area contributed by atoms with E-state index in [4.69, 9.17) is 16.6 Å². The van der Waals surface area contributed by atoms with Crippen LogP contribution in [0, 0.1) is 0 Å². The van der Waals surface area contributed by atoms with Crippen molar-refractivity contribution in [1.82, 2.24) is 5.32 Å². The van der Waals surface area contributed by atoms with E-state index >= 15 is 0 Å². The minimum Gasteiger partial charge on any atom is -0.480 e. The van der Waals surface area contributed by atoms with Crippen LogP contribution in [0.3, 0.4) is 0 Å². The number of hydrogen-bond donors (Lipinski definition) is 4. The summed E-state index contributed by atoms with van der Waals surface area (Å²) in [5, 5.41) is 10.6. The zero-order chi connectivity index (χ0) is 14.4. The maximum absolute atomic E-state index is 11.5. The molecule has 0 spiro atoms. The number of carbonyl (C=O) groups is 3. The Morgan fingerprint density at radius 1 is 1.21 bits per heavy atom. The average Bonchev–Trinajstić information content (AvgIpc) is 2.36. The normalized spacial score (nSPS) is 11.6. The van der Waals surface area contributed by atoms with Crippen molar-refractivity contribution >= 4 is 17.8 Å². The van der Waals surface area contributed by atoms with E-state index in [0.717, 1.165) is 5.56 Å². The van der Waals surface area contributed by atoms with E-state index in [1.807, 2.05) is 0 Å². The fourth-order valence-electron chi connectivity index (χ4n) is 1.45. The largest absolute Gasteiger partial charge is 0.480 e. The van der Waals surface area contributed by atoms with Crippen LogP contribution in [0.5, 0.6) is 0 Å². The molecule has 102 valence electrons. The monoisotopic (exact) mass is 265 g/mol. The fourth-order valence-corrected chi connectivity index (χ4v) is 1.45. The van der Waals surface area contributed by atoms with Gasteiger partial charge in [-0.05, 0) is 24.1 Å². The lowest BCUT2D eigenvalue weighted by Gasteiger charge is -2.11. The lowest BCUT2D eigenvalue weighted by molar-refractivity contribution is -0.138. The van der Waals surface area contributed by atoms with Gasteiger partial charge < -0.3 is 21.9 Å². The van der Waals surface area contributed by atoms with Crippen molar-refractivity contribution in [2.75, 3.05) is 6.54 Å². The first-order valence-corrected chi connectivity index (χ1v) is 5.54. The first-order valence-electron chi connectivity index (χ1n) is 5.54. The predicted molar refractivity (Wildman–Crippen MR) is 67.3 cm³/mol. The summed E-state index contributed by atoms with van der Waals surface area (Å²) in [7, 11) is 0. The SMILES string of the molecule is NC(=O)c1ccc(CC(N)C(=O)NCC(=O)O)cc1. The lowest BCUT2D eigenvalue weighted by atomic mass is 10.0. The third-order valence-electron chi connectivity index (χ3n) is 2.44. The van der Waals surface area contributed by atoms with Gasteiger partial charge in [0.2, 0.25) is 11.8 Å². The van der Waals surface area contributed by atoms with Crippen molar-refractivity contribution in [2.24, 2.45) is 11.5 Å². The molecule has 0 saturated carbocycles. The van der Waals surface area contributed by atoms with Crippen LogP contribution in [-0.4, -0.2) is 35.5 Å². The molecule has 0 aromatic heterocycles. The molecule has 1 unspecified atom stereocenters. The van der Waals surface area contributed by atoms with Crippen molar-refractivity contribution in [1.29, 1.82) is 0 Å². The highest BCUT2D eigenvalue weighted by atomic mass is 16.4. The highest BCUT2D eigenvalue weighted by molar-refractivity contribution is 5.92. The highest BCUT2D eigenvalue weighted by Crippen LogP contribution is 2.06. The number of aliphatic carboxylic acids is 1. The summed E-state index contributed by atoms with van der Waals surface area (Å²) < 4.78 is 0.